The molecule has 1 heterocycles. The molecule has 2 aliphatic rings. The fourth-order valence-corrected chi connectivity index (χ4v) is 2.99. The summed E-state index contributed by atoms with van der Waals surface area (Å²) < 4.78 is 5.12. The number of benzene rings is 1. The largest absolute Gasteiger partial charge is 0.448 e. The fourth-order valence-electron chi connectivity index (χ4n) is 2.65. The number of carbonyl (C=O) groups is 1. The minimum Gasteiger partial charge on any atom is -0.448 e. The number of nitrogens with zero attached hydrogens (tertiary/aromatic N) is 2. The first-order valence-electron chi connectivity index (χ1n) is 7.42. The minimum absolute atomic E-state index is 0.311. The molecule has 0 saturated heterocycles. The molecule has 0 N–H and O–H groups in total. The average Bonchev–Trinajstić information content (AvgIpc) is 2.56. The van der Waals surface area contributed by atoms with Crippen LogP contribution in [-0.2, 0) is 4.74 Å². The molecule has 1 aliphatic heterocycles. The maximum absolute atomic E-state index is 12.2. The molecule has 0 atom stereocenters. The van der Waals surface area contributed by atoms with Crippen LogP contribution in [0, 0.1) is 0 Å². The zero-order chi connectivity index (χ0) is 15.5. The molecular formula is C17H17ClN2O2. The molecule has 0 bridgehead atoms. The first-order valence-corrected chi connectivity index (χ1v) is 7.80. The Kier molecular flexibility index (Phi) is 4.29. The van der Waals surface area contributed by atoms with Gasteiger partial charge in [0.05, 0.1) is 17.3 Å². The van der Waals surface area contributed by atoms with Gasteiger partial charge in [-0.1, -0.05) is 48.0 Å². The molecular weight excluding hydrogens is 300 g/mol. The van der Waals surface area contributed by atoms with Crippen molar-refractivity contribution in [3.8, 4) is 0 Å². The average molecular weight is 317 g/mol. The molecule has 114 valence electrons. The molecule has 0 saturated carbocycles. The van der Waals surface area contributed by atoms with Gasteiger partial charge < -0.3 is 4.74 Å². The van der Waals surface area contributed by atoms with E-state index in [0.29, 0.717) is 17.4 Å². The Balaban J connectivity index is 2.08. The van der Waals surface area contributed by atoms with Gasteiger partial charge in [-0.25, -0.2) is 4.79 Å². The molecule has 0 fully saturated rings. The molecule has 5 heteroatoms. The molecule has 1 aromatic carbocycles. The quantitative estimate of drug-likeness (QED) is 0.810. The maximum Gasteiger partial charge on any atom is 0.435 e. The lowest BCUT2D eigenvalue weighted by molar-refractivity contribution is 0.119. The van der Waals surface area contributed by atoms with E-state index in [2.05, 4.69) is 5.10 Å². The Hall–Kier alpha value is -2.07. The van der Waals surface area contributed by atoms with Gasteiger partial charge in [0.25, 0.3) is 0 Å². The second-order valence-electron chi connectivity index (χ2n) is 5.10. The van der Waals surface area contributed by atoms with Crippen LogP contribution in [0.2, 0.25) is 0 Å². The third-order valence-electron chi connectivity index (χ3n) is 3.67. The Bertz CT molecular complexity index is 677. The van der Waals surface area contributed by atoms with Gasteiger partial charge in [-0.2, -0.15) is 10.1 Å². The fraction of sp³-hybridized carbons (Fsp3) is 0.294. The van der Waals surface area contributed by atoms with Crippen LogP contribution in [0.4, 0.5) is 4.79 Å². The number of halogens is 1. The summed E-state index contributed by atoms with van der Waals surface area (Å²) in [7, 11) is 0. The number of ether oxygens (including phenoxy) is 1. The minimum atomic E-state index is -0.467. The molecule has 0 radical (unpaired) electrons. The lowest BCUT2D eigenvalue weighted by Gasteiger charge is -2.30. The maximum atomic E-state index is 12.2. The van der Waals surface area contributed by atoms with Gasteiger partial charge in [-0.15, -0.1) is 0 Å². The van der Waals surface area contributed by atoms with Crippen LogP contribution >= 0.6 is 11.6 Å². The normalized spacial score (nSPS) is 17.6. The molecule has 1 amide bonds. The zero-order valence-corrected chi connectivity index (χ0v) is 13.1. The molecule has 0 aromatic heterocycles. The van der Waals surface area contributed by atoms with Gasteiger partial charge in [0.1, 0.15) is 5.71 Å². The lowest BCUT2D eigenvalue weighted by atomic mass is 9.94. The van der Waals surface area contributed by atoms with Crippen molar-refractivity contribution in [2.45, 2.75) is 26.2 Å². The summed E-state index contributed by atoms with van der Waals surface area (Å²) in [6, 6.07) is 9.65. The summed E-state index contributed by atoms with van der Waals surface area (Å²) in [5.74, 6) is 0. The SMILES string of the molecule is CCOC(=O)N1N=C(c2ccccc2)C(Cl)=C2CCCC=C21. The van der Waals surface area contributed by atoms with Crippen LogP contribution in [0.5, 0.6) is 0 Å². The third kappa shape index (κ3) is 2.66. The van der Waals surface area contributed by atoms with Crippen LogP contribution in [-0.4, -0.2) is 23.4 Å². The van der Waals surface area contributed by atoms with E-state index in [-0.39, 0.29) is 0 Å². The summed E-state index contributed by atoms with van der Waals surface area (Å²) in [5.41, 5.74) is 3.23. The molecule has 4 nitrogen and oxygen atoms in total. The number of hydrazone groups is 1. The first-order chi connectivity index (χ1) is 10.7. The van der Waals surface area contributed by atoms with E-state index in [1.807, 2.05) is 36.4 Å². The zero-order valence-electron chi connectivity index (χ0n) is 12.4. The summed E-state index contributed by atoms with van der Waals surface area (Å²) in [6.07, 6.45) is 4.31. The van der Waals surface area contributed by atoms with E-state index >= 15 is 0 Å². The first kappa shape index (κ1) is 14.9. The molecule has 1 aliphatic carbocycles. The summed E-state index contributed by atoms with van der Waals surface area (Å²) in [4.78, 5) is 12.2. The highest BCUT2D eigenvalue weighted by atomic mass is 35.5. The van der Waals surface area contributed by atoms with E-state index in [0.717, 1.165) is 36.1 Å². The summed E-state index contributed by atoms with van der Waals surface area (Å²) in [5, 5.41) is 6.42. The number of amides is 1. The van der Waals surface area contributed by atoms with Gasteiger partial charge in [0.15, 0.2) is 0 Å². The lowest BCUT2D eigenvalue weighted by Crippen LogP contribution is -2.33. The predicted octanol–water partition coefficient (Wildman–Crippen LogP) is 4.42. The van der Waals surface area contributed by atoms with Crippen molar-refractivity contribution in [3.63, 3.8) is 0 Å². The highest BCUT2D eigenvalue weighted by molar-refractivity contribution is 6.47. The molecule has 22 heavy (non-hydrogen) atoms. The van der Waals surface area contributed by atoms with Gasteiger partial charge >= 0.3 is 6.09 Å². The topological polar surface area (TPSA) is 41.9 Å². The van der Waals surface area contributed by atoms with Crippen molar-refractivity contribution in [2.24, 2.45) is 5.10 Å². The monoisotopic (exact) mass is 316 g/mol. The highest BCUT2D eigenvalue weighted by Gasteiger charge is 2.32. The van der Waals surface area contributed by atoms with Crippen molar-refractivity contribution < 1.29 is 9.53 Å². The third-order valence-corrected chi connectivity index (χ3v) is 4.07. The second-order valence-corrected chi connectivity index (χ2v) is 5.48. The van der Waals surface area contributed by atoms with Crippen molar-refractivity contribution >= 4 is 23.4 Å². The number of rotatable bonds is 2. The van der Waals surface area contributed by atoms with Crippen molar-refractivity contribution in [1.29, 1.82) is 0 Å². The molecule has 3 rings (SSSR count). The molecule has 1 aromatic rings. The van der Waals surface area contributed by atoms with E-state index in [9.17, 15) is 4.79 Å². The Morgan fingerprint density at radius 2 is 2.14 bits per heavy atom. The van der Waals surface area contributed by atoms with Gasteiger partial charge in [0.2, 0.25) is 0 Å². The van der Waals surface area contributed by atoms with Crippen LogP contribution in [0.1, 0.15) is 31.7 Å². The molecule has 0 spiro atoms. The number of allylic oxidation sites excluding steroid dienone is 3. The predicted molar refractivity (Wildman–Crippen MR) is 86.7 cm³/mol. The van der Waals surface area contributed by atoms with Crippen molar-refractivity contribution in [1.82, 2.24) is 5.01 Å². The summed E-state index contributed by atoms with van der Waals surface area (Å²) >= 11 is 6.57. The van der Waals surface area contributed by atoms with Crippen LogP contribution in [0.25, 0.3) is 0 Å². The van der Waals surface area contributed by atoms with Crippen molar-refractivity contribution in [3.05, 3.63) is 58.3 Å². The second kappa shape index (κ2) is 6.36. The number of hydrogen-bond acceptors (Lipinski definition) is 3. The Labute approximate surface area is 134 Å². The van der Waals surface area contributed by atoms with E-state index in [1.54, 1.807) is 6.92 Å². The smallest absolute Gasteiger partial charge is 0.435 e. The molecule has 0 unspecified atom stereocenters. The van der Waals surface area contributed by atoms with Gasteiger partial charge in [0, 0.05) is 5.56 Å². The van der Waals surface area contributed by atoms with E-state index in [1.165, 1.54) is 5.01 Å². The van der Waals surface area contributed by atoms with Crippen LogP contribution < -0.4 is 0 Å². The van der Waals surface area contributed by atoms with Crippen LogP contribution in [0.15, 0.2) is 57.8 Å². The standard InChI is InChI=1S/C17H17ClN2O2/c1-2-22-17(21)20-14-11-7-6-10-13(14)15(18)16(19-20)12-8-4-3-5-9-12/h3-5,8-9,11H,2,6-7,10H2,1H3. The van der Waals surface area contributed by atoms with E-state index < -0.39 is 6.09 Å². The van der Waals surface area contributed by atoms with Gasteiger partial charge in [-0.3, -0.25) is 0 Å². The number of fused-ring (bicyclic) bond motifs is 1. The van der Waals surface area contributed by atoms with Gasteiger partial charge in [-0.05, 0) is 31.8 Å². The Morgan fingerprint density at radius 1 is 1.36 bits per heavy atom. The highest BCUT2D eigenvalue weighted by Crippen LogP contribution is 2.36. The van der Waals surface area contributed by atoms with Crippen LogP contribution in [0.3, 0.4) is 0 Å². The number of carbonyl (C=O) groups excluding carboxylic acids is 1. The van der Waals surface area contributed by atoms with Crippen molar-refractivity contribution in [2.75, 3.05) is 6.61 Å². The Morgan fingerprint density at radius 3 is 2.86 bits per heavy atom. The van der Waals surface area contributed by atoms with E-state index in [4.69, 9.17) is 16.3 Å². The summed E-state index contributed by atoms with van der Waals surface area (Å²) in [6.45, 7) is 2.09. The number of hydrogen-bond donors (Lipinski definition) is 0.